The van der Waals surface area contributed by atoms with Gasteiger partial charge >= 0.3 is 0 Å². The van der Waals surface area contributed by atoms with Gasteiger partial charge in [0.05, 0.1) is 0 Å². The number of hydrogen-bond acceptors (Lipinski definition) is 5. The molecule has 2 aromatic rings. The molecule has 3 rings (SSSR count). The summed E-state index contributed by atoms with van der Waals surface area (Å²) in [5.74, 6) is -0.858. The monoisotopic (exact) mass is 360 g/mol. The maximum absolute atomic E-state index is 13.5. The van der Waals surface area contributed by atoms with Crippen LogP contribution in [0.25, 0.3) is 0 Å². The van der Waals surface area contributed by atoms with Crippen molar-refractivity contribution >= 4 is 11.8 Å². The number of nitrogens with one attached hydrogen (secondary N) is 2. The standard InChI is InChI=1S/C18H17FN2O5/c1-11(25-13-7-3-2-6-12(13)19)17(22)20-21-18(23)16-10-24-14-8-4-5-9-15(14)26-16/h2-9,11,16H,10H2,1H3,(H,20,22)(H,21,23)/t11-,16-/m1/s1. The van der Waals surface area contributed by atoms with Gasteiger partial charge in [-0.1, -0.05) is 24.3 Å². The lowest BCUT2D eigenvalue weighted by atomic mass is 10.2. The Morgan fingerprint density at radius 3 is 2.58 bits per heavy atom. The van der Waals surface area contributed by atoms with Crippen LogP contribution in [-0.2, 0) is 9.59 Å². The molecular formula is C18H17FN2O5. The van der Waals surface area contributed by atoms with Crippen LogP contribution in [-0.4, -0.2) is 30.6 Å². The van der Waals surface area contributed by atoms with E-state index in [4.69, 9.17) is 14.2 Å². The molecule has 1 heterocycles. The van der Waals surface area contributed by atoms with E-state index in [-0.39, 0.29) is 12.4 Å². The molecule has 0 fully saturated rings. The van der Waals surface area contributed by atoms with E-state index in [0.29, 0.717) is 11.5 Å². The molecule has 2 aromatic carbocycles. The predicted octanol–water partition coefficient (Wildman–Crippen LogP) is 1.58. The van der Waals surface area contributed by atoms with Crippen LogP contribution >= 0.6 is 0 Å². The second kappa shape index (κ2) is 7.73. The van der Waals surface area contributed by atoms with E-state index in [1.807, 2.05) is 0 Å². The molecule has 0 aliphatic carbocycles. The number of fused-ring (bicyclic) bond motifs is 1. The molecule has 0 unspecified atom stereocenters. The Hall–Kier alpha value is -3.29. The third-order valence-corrected chi connectivity index (χ3v) is 3.62. The highest BCUT2D eigenvalue weighted by Crippen LogP contribution is 2.30. The quantitative estimate of drug-likeness (QED) is 0.809. The van der Waals surface area contributed by atoms with Crippen LogP contribution in [0.1, 0.15) is 6.92 Å². The van der Waals surface area contributed by atoms with Gasteiger partial charge in [-0.2, -0.15) is 0 Å². The second-order valence-corrected chi connectivity index (χ2v) is 5.53. The van der Waals surface area contributed by atoms with Crippen molar-refractivity contribution in [3.63, 3.8) is 0 Å². The zero-order chi connectivity index (χ0) is 18.5. The van der Waals surface area contributed by atoms with Gasteiger partial charge in [-0.05, 0) is 31.2 Å². The lowest BCUT2D eigenvalue weighted by Crippen LogP contribution is -2.53. The largest absolute Gasteiger partial charge is 0.485 e. The topological polar surface area (TPSA) is 85.9 Å². The van der Waals surface area contributed by atoms with Crippen LogP contribution in [0.5, 0.6) is 17.2 Å². The number of rotatable bonds is 4. The average molecular weight is 360 g/mol. The van der Waals surface area contributed by atoms with Crippen LogP contribution in [0.4, 0.5) is 4.39 Å². The summed E-state index contributed by atoms with van der Waals surface area (Å²) in [6.07, 6.45) is -1.93. The maximum atomic E-state index is 13.5. The molecule has 2 atom stereocenters. The predicted molar refractivity (Wildman–Crippen MR) is 89.1 cm³/mol. The Kier molecular flexibility index (Phi) is 5.21. The van der Waals surface area contributed by atoms with Gasteiger partial charge in [0.1, 0.15) is 6.61 Å². The van der Waals surface area contributed by atoms with Gasteiger partial charge in [0.25, 0.3) is 11.8 Å². The molecule has 0 saturated carbocycles. The summed E-state index contributed by atoms with van der Waals surface area (Å²) < 4.78 is 29.7. The summed E-state index contributed by atoms with van der Waals surface area (Å²) in [5.41, 5.74) is 4.47. The molecule has 8 heteroatoms. The van der Waals surface area contributed by atoms with Crippen LogP contribution in [0, 0.1) is 5.82 Å². The summed E-state index contributed by atoms with van der Waals surface area (Å²) in [6.45, 7) is 1.45. The normalized spacial score (nSPS) is 16.3. The Morgan fingerprint density at radius 2 is 1.81 bits per heavy atom. The summed E-state index contributed by atoms with van der Waals surface area (Å²) in [4.78, 5) is 24.1. The first kappa shape index (κ1) is 17.5. The smallest absolute Gasteiger partial charge is 0.283 e. The fourth-order valence-corrected chi connectivity index (χ4v) is 2.24. The van der Waals surface area contributed by atoms with E-state index >= 15 is 0 Å². The number of carbonyl (C=O) groups excluding carboxylic acids is 2. The van der Waals surface area contributed by atoms with E-state index < -0.39 is 29.8 Å². The maximum Gasteiger partial charge on any atom is 0.283 e. The molecule has 0 aromatic heterocycles. The fourth-order valence-electron chi connectivity index (χ4n) is 2.24. The molecule has 7 nitrogen and oxygen atoms in total. The molecule has 1 aliphatic heterocycles. The summed E-state index contributed by atoms with van der Waals surface area (Å²) in [6, 6.07) is 12.7. The van der Waals surface area contributed by atoms with E-state index in [9.17, 15) is 14.0 Å². The van der Waals surface area contributed by atoms with E-state index in [2.05, 4.69) is 10.9 Å². The van der Waals surface area contributed by atoms with E-state index in [1.165, 1.54) is 25.1 Å². The number of benzene rings is 2. The second-order valence-electron chi connectivity index (χ2n) is 5.53. The minimum Gasteiger partial charge on any atom is -0.485 e. The highest BCUT2D eigenvalue weighted by Gasteiger charge is 2.28. The van der Waals surface area contributed by atoms with Crippen molar-refractivity contribution < 1.29 is 28.2 Å². The lowest BCUT2D eigenvalue weighted by molar-refractivity contribution is -0.137. The highest BCUT2D eigenvalue weighted by atomic mass is 19.1. The molecule has 136 valence electrons. The number of halogens is 1. The van der Waals surface area contributed by atoms with Gasteiger partial charge in [0.15, 0.2) is 29.2 Å². The zero-order valence-electron chi connectivity index (χ0n) is 13.9. The number of amides is 2. The molecule has 1 aliphatic rings. The lowest BCUT2D eigenvalue weighted by Gasteiger charge is -2.25. The van der Waals surface area contributed by atoms with Crippen LogP contribution in [0.15, 0.2) is 48.5 Å². The van der Waals surface area contributed by atoms with E-state index in [1.54, 1.807) is 30.3 Å². The van der Waals surface area contributed by atoms with Gasteiger partial charge in [-0.25, -0.2) is 4.39 Å². The first-order valence-corrected chi connectivity index (χ1v) is 7.94. The Bertz CT molecular complexity index is 814. The summed E-state index contributed by atoms with van der Waals surface area (Å²) >= 11 is 0. The molecule has 0 bridgehead atoms. The summed E-state index contributed by atoms with van der Waals surface area (Å²) in [5, 5.41) is 0. The van der Waals surface area contributed by atoms with Crippen molar-refractivity contribution in [1.29, 1.82) is 0 Å². The third kappa shape index (κ3) is 4.02. The molecule has 0 saturated heterocycles. The Morgan fingerprint density at radius 1 is 1.12 bits per heavy atom. The molecule has 0 radical (unpaired) electrons. The number of hydrazine groups is 1. The van der Waals surface area contributed by atoms with Crippen LogP contribution in [0.3, 0.4) is 0 Å². The number of para-hydroxylation sites is 3. The zero-order valence-corrected chi connectivity index (χ0v) is 13.9. The van der Waals surface area contributed by atoms with Gasteiger partial charge in [0, 0.05) is 0 Å². The van der Waals surface area contributed by atoms with Crippen LogP contribution < -0.4 is 25.1 Å². The third-order valence-electron chi connectivity index (χ3n) is 3.62. The van der Waals surface area contributed by atoms with Gasteiger partial charge in [-0.3, -0.25) is 20.4 Å². The van der Waals surface area contributed by atoms with Gasteiger partial charge in [0.2, 0.25) is 6.10 Å². The Labute approximate surface area is 149 Å². The average Bonchev–Trinajstić information content (AvgIpc) is 2.67. The molecule has 0 spiro atoms. The molecule has 2 N–H and O–H groups in total. The first-order valence-electron chi connectivity index (χ1n) is 7.94. The summed E-state index contributed by atoms with van der Waals surface area (Å²) in [7, 11) is 0. The van der Waals surface area contributed by atoms with Crippen molar-refractivity contribution in [2.24, 2.45) is 0 Å². The fraction of sp³-hybridized carbons (Fsp3) is 0.222. The number of hydrogen-bond donors (Lipinski definition) is 2. The van der Waals surface area contributed by atoms with E-state index in [0.717, 1.165) is 0 Å². The molecule has 26 heavy (non-hydrogen) atoms. The van der Waals surface area contributed by atoms with Crippen molar-refractivity contribution in [2.75, 3.05) is 6.61 Å². The van der Waals surface area contributed by atoms with Crippen molar-refractivity contribution in [1.82, 2.24) is 10.9 Å². The highest BCUT2D eigenvalue weighted by molar-refractivity contribution is 5.86. The minimum atomic E-state index is -1.02. The first-order chi connectivity index (χ1) is 12.5. The molecule has 2 amide bonds. The number of carbonyl (C=O) groups is 2. The van der Waals surface area contributed by atoms with Gasteiger partial charge in [-0.15, -0.1) is 0 Å². The van der Waals surface area contributed by atoms with Crippen molar-refractivity contribution in [3.05, 3.63) is 54.3 Å². The minimum absolute atomic E-state index is 0.0139. The number of ether oxygens (including phenoxy) is 3. The van der Waals surface area contributed by atoms with Crippen molar-refractivity contribution in [2.45, 2.75) is 19.1 Å². The van der Waals surface area contributed by atoms with Gasteiger partial charge < -0.3 is 14.2 Å². The van der Waals surface area contributed by atoms with Crippen LogP contribution in [0.2, 0.25) is 0 Å². The SMILES string of the molecule is C[C@@H](Oc1ccccc1F)C(=O)NNC(=O)[C@H]1COc2ccccc2O1. The van der Waals surface area contributed by atoms with Crippen molar-refractivity contribution in [3.8, 4) is 17.2 Å². The molecular weight excluding hydrogens is 343 g/mol. The Balaban J connectivity index is 1.50.